The van der Waals surface area contributed by atoms with Crippen LogP contribution in [0.25, 0.3) is 0 Å². The zero-order valence-corrected chi connectivity index (χ0v) is 54.2. The Morgan fingerprint density at radius 1 is 0.829 bits per heavy atom. The summed E-state index contributed by atoms with van der Waals surface area (Å²) in [5.74, 6) is -0.772. The van der Waals surface area contributed by atoms with Crippen molar-refractivity contribution in [2.75, 3.05) is 0 Å². The number of hydrogen-bond acceptors (Lipinski definition) is 11. The minimum absolute atomic E-state index is 0.0104. The van der Waals surface area contributed by atoms with Gasteiger partial charge in [0.15, 0.2) is 32.3 Å². The summed E-state index contributed by atoms with van der Waals surface area (Å²) >= 11 is 2.28. The number of Topliss-reactive ketones (excluding diaryl/α,β-unsaturated/α-hetero) is 1. The van der Waals surface area contributed by atoms with Crippen LogP contribution in [0.1, 0.15) is 153 Å². The summed E-state index contributed by atoms with van der Waals surface area (Å²) in [5, 5.41) is -1.61. The summed E-state index contributed by atoms with van der Waals surface area (Å²) in [6.45, 7) is 42.3. The Kier molecular flexibility index (Phi) is 22.0. The number of benzene rings is 1. The third-order valence-electron chi connectivity index (χ3n) is 19.1. The van der Waals surface area contributed by atoms with Gasteiger partial charge in [-0.05, 0) is 133 Å². The van der Waals surface area contributed by atoms with Gasteiger partial charge in [-0.15, -0.1) is 0 Å². The van der Waals surface area contributed by atoms with Crippen molar-refractivity contribution in [2.24, 2.45) is 29.6 Å². The largest absolute Gasteiger partial charge is 0.409 e. The Hall–Kier alpha value is -1.39. The van der Waals surface area contributed by atoms with Gasteiger partial charge < -0.3 is 37.3 Å². The van der Waals surface area contributed by atoms with Crippen LogP contribution in [0.2, 0.25) is 36.3 Å². The van der Waals surface area contributed by atoms with E-state index in [-0.39, 0.29) is 81.6 Å². The highest BCUT2D eigenvalue weighted by molar-refractivity contribution is 14.1. The zero-order chi connectivity index (χ0) is 56.3. The molecule has 3 unspecified atom stereocenters. The predicted molar refractivity (Wildman–Crippen MR) is 319 cm³/mol. The Morgan fingerprint density at radius 3 is 2.07 bits per heavy atom. The molecule has 0 saturated carbocycles. The number of aldehydes is 1. The fourth-order valence-corrected chi connectivity index (χ4v) is 17.4. The van der Waals surface area contributed by atoms with Gasteiger partial charge in [0.2, 0.25) is 0 Å². The van der Waals surface area contributed by atoms with Crippen molar-refractivity contribution in [3.05, 3.63) is 64.8 Å². The van der Waals surface area contributed by atoms with Gasteiger partial charge in [-0.1, -0.05) is 143 Å². The Morgan fingerprint density at radius 2 is 1.46 bits per heavy atom. The van der Waals surface area contributed by atoms with E-state index >= 15 is 13.2 Å². The molecule has 0 aromatic heterocycles. The Balaban J connectivity index is 1.34. The molecule has 0 spiro atoms. The molecule has 76 heavy (non-hydrogen) atoms. The molecule has 1 aromatic rings. The second-order valence-electron chi connectivity index (χ2n) is 26.8. The average Bonchev–Trinajstić information content (AvgIpc) is 3.84. The number of hydrogen-bond donors (Lipinski definition) is 0. The summed E-state index contributed by atoms with van der Waals surface area (Å²) in [6.07, 6.45) is 6.48. The molecule has 0 N–H and O–H groups in total. The summed E-state index contributed by atoms with van der Waals surface area (Å²) < 4.78 is 83.0. The maximum absolute atomic E-state index is 15.8. The highest BCUT2D eigenvalue weighted by Gasteiger charge is 2.58. The van der Waals surface area contributed by atoms with Crippen molar-refractivity contribution in [2.45, 2.75) is 273 Å². The van der Waals surface area contributed by atoms with Gasteiger partial charge in [0.25, 0.3) is 0 Å². The SMILES string of the molecule is C=C1C[C@H](CCC=O)OC1CC[C@H]1C[C@@H](C)C(=C)C(C[C@@H]2O[C@H](C[C@H](C)CC)[C@H](C)C2[C@H](C(=O)C[C@H]2CC[C@@H]3O[C@@H]([C@@H](C)/C=C/I)[C@@H](O[Si](C)(C)C(C)(C)C)[C@@H](O[Si](C)(C)C(C)(C)C)[C@H]3O2)S(=O)(=O)c2ccccc2)O1. The van der Waals surface area contributed by atoms with Gasteiger partial charge >= 0.3 is 0 Å². The maximum Gasteiger partial charge on any atom is 0.192 e. The van der Waals surface area contributed by atoms with Crippen molar-refractivity contribution < 1.29 is 50.5 Å². The number of carbonyl (C=O) groups excluding carboxylic acids is 2. The average molecular weight is 1220 g/mol. The van der Waals surface area contributed by atoms with Crippen molar-refractivity contribution in [3.8, 4) is 0 Å². The van der Waals surface area contributed by atoms with E-state index in [1.807, 2.05) is 4.08 Å². The molecule has 430 valence electrons. The quantitative estimate of drug-likeness (QED) is 0.0449. The fraction of sp³-hybridized carbons (Fsp3) is 0.770. The van der Waals surface area contributed by atoms with E-state index in [4.69, 9.17) is 32.5 Å². The molecule has 1 aromatic carbocycles. The minimum Gasteiger partial charge on any atom is -0.409 e. The number of sulfone groups is 1. The molecule has 5 heterocycles. The molecule has 5 saturated heterocycles. The van der Waals surface area contributed by atoms with E-state index in [2.05, 4.69) is 144 Å². The van der Waals surface area contributed by atoms with Crippen LogP contribution < -0.4 is 0 Å². The van der Waals surface area contributed by atoms with E-state index < -0.39 is 74.3 Å². The lowest BCUT2D eigenvalue weighted by Crippen LogP contribution is -2.67. The molecule has 5 fully saturated rings. The number of ether oxygens (including phenoxy) is 5. The van der Waals surface area contributed by atoms with Crippen molar-refractivity contribution in [3.63, 3.8) is 0 Å². The smallest absolute Gasteiger partial charge is 0.192 e. The lowest BCUT2D eigenvalue weighted by molar-refractivity contribution is -0.262. The number of rotatable bonds is 23. The first kappa shape index (κ1) is 63.8. The molecular weight excluding hydrogens is 1120 g/mol. The number of carbonyl (C=O) groups is 2. The van der Waals surface area contributed by atoms with Crippen molar-refractivity contribution in [1.82, 2.24) is 0 Å². The zero-order valence-electron chi connectivity index (χ0n) is 49.2. The molecule has 6 rings (SSSR count). The van der Waals surface area contributed by atoms with Gasteiger partial charge in [0, 0.05) is 31.1 Å². The van der Waals surface area contributed by atoms with Crippen molar-refractivity contribution >= 4 is 61.1 Å². The minimum atomic E-state index is -4.26. The molecular formula is C61H99IO11SSi2. The van der Waals surface area contributed by atoms with Gasteiger partial charge in [0.05, 0.1) is 65.9 Å². The normalized spacial score (nSPS) is 34.3. The lowest BCUT2D eigenvalue weighted by Gasteiger charge is -2.55. The fourth-order valence-electron chi connectivity index (χ4n) is 12.0. The van der Waals surface area contributed by atoms with Crippen LogP contribution in [0.5, 0.6) is 0 Å². The van der Waals surface area contributed by atoms with Crippen LogP contribution in [0.4, 0.5) is 0 Å². The molecule has 18 atom stereocenters. The highest BCUT2D eigenvalue weighted by atomic mass is 127. The van der Waals surface area contributed by atoms with E-state index in [1.54, 1.807) is 30.3 Å². The third kappa shape index (κ3) is 15.0. The number of ketones is 1. The van der Waals surface area contributed by atoms with Gasteiger partial charge in [-0.2, -0.15) is 0 Å². The van der Waals surface area contributed by atoms with E-state index in [1.165, 1.54) is 0 Å². The molecule has 5 aliphatic rings. The van der Waals surface area contributed by atoms with Crippen LogP contribution in [0, 0.1) is 29.6 Å². The van der Waals surface area contributed by atoms with Crippen LogP contribution in [0.15, 0.2) is 69.7 Å². The molecule has 0 aliphatic carbocycles. The summed E-state index contributed by atoms with van der Waals surface area (Å²) in [5.41, 5.74) is 2.03. The first-order valence-electron chi connectivity index (χ1n) is 29.0. The van der Waals surface area contributed by atoms with Gasteiger partial charge in [0.1, 0.15) is 23.7 Å². The van der Waals surface area contributed by atoms with E-state index in [9.17, 15) is 4.79 Å². The predicted octanol–water partition coefficient (Wildman–Crippen LogP) is 14.1. The number of halogens is 1. The second-order valence-corrected chi connectivity index (χ2v) is 39.1. The molecule has 0 bridgehead atoms. The first-order valence-corrected chi connectivity index (χ1v) is 37.6. The monoisotopic (exact) mass is 1220 g/mol. The highest BCUT2D eigenvalue weighted by Crippen LogP contribution is 2.49. The Bertz CT molecular complexity index is 2260. The van der Waals surface area contributed by atoms with Crippen molar-refractivity contribution in [1.29, 1.82) is 0 Å². The first-order chi connectivity index (χ1) is 35.4. The van der Waals surface area contributed by atoms with Crippen LogP contribution in [-0.2, 0) is 52.0 Å². The van der Waals surface area contributed by atoms with E-state index in [0.717, 1.165) is 56.0 Å². The molecule has 15 heteroatoms. The second kappa shape index (κ2) is 26.2. The van der Waals surface area contributed by atoms with Crippen LogP contribution in [-0.4, -0.2) is 116 Å². The Labute approximate surface area is 475 Å². The van der Waals surface area contributed by atoms with E-state index in [0.29, 0.717) is 38.0 Å². The molecule has 0 radical (unpaired) electrons. The van der Waals surface area contributed by atoms with Crippen LogP contribution in [0.3, 0.4) is 0 Å². The standard InChI is InChI=1S/C61H99IO11SSi2/c1-18-38(2)33-51-43(7)54(53(70-51)37-52-42(6)40(4)34-45(68-52)26-28-49-41(5)35-44(67-49)23-22-32-63)59(74(65,66)47-24-20-19-21-25-47)48(64)36-46-27-29-50-56(69-46)58(73-76(16,17)61(11,12)13)57(55(71-50)39(3)30-31-62)72-75(14,15)60(8,9)10/h19-21,24-25,30-32,38-40,43-46,49-59H,5-6,18,22-23,26-29,33-37H2,1-4,7-17H3/b31-30+/t38-,39+,40-,43+,44+,45+,46-,49?,50+,51-,52?,53+,54?,55+,56+,57-,58+,59+/m1/s1. The topological polar surface area (TPSA) is 133 Å². The maximum atomic E-state index is 15.8. The summed E-state index contributed by atoms with van der Waals surface area (Å²) in [4.78, 5) is 27.0. The summed E-state index contributed by atoms with van der Waals surface area (Å²) in [6, 6.07) is 8.49. The third-order valence-corrected chi connectivity index (χ3v) is 30.6. The lowest BCUT2D eigenvalue weighted by atomic mass is 9.78. The summed E-state index contributed by atoms with van der Waals surface area (Å²) in [7, 11) is -9.15. The number of fused-ring (bicyclic) bond motifs is 1. The van der Waals surface area contributed by atoms with Crippen LogP contribution >= 0.6 is 22.6 Å². The molecule has 0 amide bonds. The molecule has 5 aliphatic heterocycles. The molecule has 11 nitrogen and oxygen atoms in total. The van der Waals surface area contributed by atoms with Gasteiger partial charge in [-0.3, -0.25) is 4.79 Å². The van der Waals surface area contributed by atoms with Gasteiger partial charge in [-0.25, -0.2) is 8.42 Å².